The molecule has 1 unspecified atom stereocenters. The second-order valence-corrected chi connectivity index (χ2v) is 4.78. The molecule has 0 aliphatic carbocycles. The molecule has 0 bridgehead atoms. The maximum Gasteiger partial charge on any atom is 0.573 e. The first-order chi connectivity index (χ1) is 9.73. The van der Waals surface area contributed by atoms with E-state index in [1.807, 2.05) is 6.92 Å². The number of carbonyl (C=O) groups is 1. The summed E-state index contributed by atoms with van der Waals surface area (Å²) >= 11 is 0. The van der Waals surface area contributed by atoms with Gasteiger partial charge in [-0.05, 0) is 31.0 Å². The van der Waals surface area contributed by atoms with Gasteiger partial charge in [0.2, 0.25) is 5.91 Å². The first-order valence-corrected chi connectivity index (χ1v) is 6.53. The van der Waals surface area contributed by atoms with E-state index < -0.39 is 6.36 Å². The van der Waals surface area contributed by atoms with E-state index in [1.54, 1.807) is 11.9 Å². The lowest BCUT2D eigenvalue weighted by Crippen LogP contribution is -2.39. The van der Waals surface area contributed by atoms with Gasteiger partial charge >= 0.3 is 6.36 Å². The summed E-state index contributed by atoms with van der Waals surface area (Å²) in [5.74, 6) is -0.324. The first-order valence-electron chi connectivity index (χ1n) is 6.53. The molecule has 0 heterocycles. The average Bonchev–Trinajstić information content (AvgIpc) is 2.42. The number of alkyl halides is 3. The summed E-state index contributed by atoms with van der Waals surface area (Å²) in [7, 11) is 1.68. The van der Waals surface area contributed by atoms with Crippen LogP contribution in [0.25, 0.3) is 0 Å². The Hall–Kier alpha value is -1.47. The van der Waals surface area contributed by atoms with Crippen molar-refractivity contribution in [2.45, 2.75) is 32.2 Å². The molecular formula is C14H20ClF3N2O2. The van der Waals surface area contributed by atoms with E-state index >= 15 is 0 Å². The highest BCUT2D eigenvalue weighted by molar-refractivity contribution is 5.85. The summed E-state index contributed by atoms with van der Waals surface area (Å²) in [6.07, 6.45) is -3.97. The van der Waals surface area contributed by atoms with Crippen molar-refractivity contribution in [2.75, 3.05) is 13.6 Å². The van der Waals surface area contributed by atoms with Gasteiger partial charge in [-0.2, -0.15) is 0 Å². The molecule has 1 rings (SSSR count). The molecule has 1 atom stereocenters. The summed E-state index contributed by atoms with van der Waals surface area (Å²) in [4.78, 5) is 13.4. The van der Waals surface area contributed by atoms with Crippen LogP contribution < -0.4 is 10.5 Å². The topological polar surface area (TPSA) is 55.6 Å². The Labute approximate surface area is 133 Å². The molecular weight excluding hydrogens is 321 g/mol. The molecule has 2 N–H and O–H groups in total. The molecule has 4 nitrogen and oxygen atoms in total. The van der Waals surface area contributed by atoms with Crippen molar-refractivity contribution in [1.29, 1.82) is 0 Å². The van der Waals surface area contributed by atoms with Crippen LogP contribution in [0.4, 0.5) is 13.2 Å². The zero-order valence-corrected chi connectivity index (χ0v) is 13.2. The van der Waals surface area contributed by atoms with Crippen LogP contribution in [0.2, 0.25) is 0 Å². The maximum atomic E-state index is 12.0. The monoisotopic (exact) mass is 340 g/mol. The third kappa shape index (κ3) is 7.00. The van der Waals surface area contributed by atoms with E-state index in [9.17, 15) is 18.0 Å². The maximum absolute atomic E-state index is 12.0. The lowest BCUT2D eigenvalue weighted by atomic mass is 10.1. The third-order valence-corrected chi connectivity index (χ3v) is 3.18. The molecule has 0 radical (unpaired) electrons. The van der Waals surface area contributed by atoms with Gasteiger partial charge < -0.3 is 15.4 Å². The van der Waals surface area contributed by atoms with Crippen molar-refractivity contribution in [3.05, 3.63) is 29.8 Å². The molecule has 0 spiro atoms. The van der Waals surface area contributed by atoms with Crippen molar-refractivity contribution in [1.82, 2.24) is 4.90 Å². The SMILES string of the molecule is CC(CN)N(C)C(=O)CCc1ccc(OC(F)(F)F)cc1.Cl. The molecule has 1 aromatic carbocycles. The van der Waals surface area contributed by atoms with E-state index in [1.165, 1.54) is 24.3 Å². The lowest BCUT2D eigenvalue weighted by molar-refractivity contribution is -0.274. The minimum absolute atomic E-state index is 0. The fourth-order valence-corrected chi connectivity index (χ4v) is 1.69. The van der Waals surface area contributed by atoms with Crippen LogP contribution in [-0.4, -0.2) is 36.8 Å². The van der Waals surface area contributed by atoms with Gasteiger partial charge in [-0.15, -0.1) is 25.6 Å². The second-order valence-electron chi connectivity index (χ2n) is 4.78. The number of halogens is 4. The fourth-order valence-electron chi connectivity index (χ4n) is 1.69. The molecule has 0 saturated heterocycles. The molecule has 0 aromatic heterocycles. The minimum atomic E-state index is -4.70. The lowest BCUT2D eigenvalue weighted by Gasteiger charge is -2.23. The van der Waals surface area contributed by atoms with Gasteiger partial charge in [-0.25, -0.2) is 0 Å². The molecule has 0 aliphatic rings. The number of hydrogen-bond donors (Lipinski definition) is 1. The number of rotatable bonds is 6. The Bertz CT molecular complexity index is 466. The quantitative estimate of drug-likeness (QED) is 0.866. The van der Waals surface area contributed by atoms with Crippen LogP contribution >= 0.6 is 12.4 Å². The largest absolute Gasteiger partial charge is 0.573 e. The molecule has 8 heteroatoms. The number of benzene rings is 1. The number of nitrogens with two attached hydrogens (primary N) is 1. The van der Waals surface area contributed by atoms with Gasteiger partial charge in [-0.3, -0.25) is 4.79 Å². The highest BCUT2D eigenvalue weighted by Gasteiger charge is 2.30. The third-order valence-electron chi connectivity index (χ3n) is 3.18. The van der Waals surface area contributed by atoms with Crippen molar-refractivity contribution >= 4 is 18.3 Å². The Balaban J connectivity index is 0.00000441. The van der Waals surface area contributed by atoms with Crippen LogP contribution in [0, 0.1) is 0 Å². The molecule has 0 saturated carbocycles. The number of carbonyl (C=O) groups excluding carboxylic acids is 1. The van der Waals surface area contributed by atoms with Crippen LogP contribution in [0.1, 0.15) is 18.9 Å². The predicted molar refractivity (Wildman–Crippen MR) is 80.0 cm³/mol. The number of likely N-dealkylation sites (N-methyl/N-ethyl adjacent to an activating group) is 1. The van der Waals surface area contributed by atoms with Crippen LogP contribution in [-0.2, 0) is 11.2 Å². The minimum Gasteiger partial charge on any atom is -0.406 e. The fraction of sp³-hybridized carbons (Fsp3) is 0.500. The van der Waals surface area contributed by atoms with Crippen molar-refractivity contribution in [3.63, 3.8) is 0 Å². The second kappa shape index (κ2) is 8.85. The normalized spacial score (nSPS) is 12.3. The van der Waals surface area contributed by atoms with E-state index in [-0.39, 0.29) is 36.5 Å². The average molecular weight is 341 g/mol. The summed E-state index contributed by atoms with van der Waals surface area (Å²) in [5.41, 5.74) is 6.26. The van der Waals surface area contributed by atoms with Crippen molar-refractivity contribution in [3.8, 4) is 5.75 Å². The molecule has 22 heavy (non-hydrogen) atoms. The Morgan fingerprint density at radius 3 is 2.32 bits per heavy atom. The van der Waals surface area contributed by atoms with Gasteiger partial charge in [0, 0.05) is 26.1 Å². The molecule has 1 amide bonds. The smallest absolute Gasteiger partial charge is 0.406 e. The number of ether oxygens (including phenoxy) is 1. The van der Waals surface area contributed by atoms with E-state index in [0.717, 1.165) is 5.56 Å². The van der Waals surface area contributed by atoms with Gasteiger partial charge in [0.1, 0.15) is 5.75 Å². The summed E-state index contributed by atoms with van der Waals surface area (Å²) < 4.78 is 39.8. The summed E-state index contributed by atoms with van der Waals surface area (Å²) in [5, 5.41) is 0. The number of amides is 1. The van der Waals surface area contributed by atoms with Crippen molar-refractivity contribution in [2.24, 2.45) is 5.73 Å². The zero-order valence-electron chi connectivity index (χ0n) is 12.4. The van der Waals surface area contributed by atoms with Crippen molar-refractivity contribution < 1.29 is 22.7 Å². The number of hydrogen-bond acceptors (Lipinski definition) is 3. The highest BCUT2D eigenvalue weighted by Crippen LogP contribution is 2.23. The van der Waals surface area contributed by atoms with E-state index in [0.29, 0.717) is 13.0 Å². The molecule has 1 aromatic rings. The first kappa shape index (κ1) is 20.5. The zero-order chi connectivity index (χ0) is 16.0. The van der Waals surface area contributed by atoms with E-state index in [2.05, 4.69) is 4.74 Å². The van der Waals surface area contributed by atoms with Crippen LogP contribution in [0.3, 0.4) is 0 Å². The Morgan fingerprint density at radius 1 is 1.32 bits per heavy atom. The Kier molecular flexibility index (Phi) is 8.26. The molecule has 126 valence electrons. The number of nitrogens with zero attached hydrogens (tertiary/aromatic N) is 1. The van der Waals surface area contributed by atoms with Gasteiger partial charge in [0.05, 0.1) is 0 Å². The summed E-state index contributed by atoms with van der Waals surface area (Å²) in [6.45, 7) is 2.23. The highest BCUT2D eigenvalue weighted by atomic mass is 35.5. The van der Waals surface area contributed by atoms with Crippen LogP contribution in [0.5, 0.6) is 5.75 Å². The van der Waals surface area contributed by atoms with Gasteiger partial charge in [0.25, 0.3) is 0 Å². The predicted octanol–water partition coefficient (Wildman–Crippen LogP) is 2.75. The van der Waals surface area contributed by atoms with Gasteiger partial charge in [0.15, 0.2) is 0 Å². The van der Waals surface area contributed by atoms with Gasteiger partial charge in [-0.1, -0.05) is 12.1 Å². The molecule has 0 fully saturated rings. The molecule has 0 aliphatic heterocycles. The standard InChI is InChI=1S/C14H19F3N2O2.ClH/c1-10(9-18)19(2)13(20)8-5-11-3-6-12(7-4-11)21-14(15,16)17;/h3-4,6-7,10H,5,8-9,18H2,1-2H3;1H. The number of aryl methyl sites for hydroxylation is 1. The summed E-state index contributed by atoms with van der Waals surface area (Å²) in [6, 6.07) is 5.46. The Morgan fingerprint density at radius 2 is 1.86 bits per heavy atom. The van der Waals surface area contributed by atoms with Crippen LogP contribution in [0.15, 0.2) is 24.3 Å². The van der Waals surface area contributed by atoms with E-state index in [4.69, 9.17) is 5.73 Å².